The molecule has 1 N–H and O–H groups in total. The molecule has 0 unspecified atom stereocenters. The van der Waals surface area contributed by atoms with Gasteiger partial charge in [-0.3, -0.25) is 14.5 Å². The van der Waals surface area contributed by atoms with Crippen LogP contribution in [0.25, 0.3) is 0 Å². The van der Waals surface area contributed by atoms with E-state index in [4.69, 9.17) is 4.74 Å². The zero-order valence-electron chi connectivity index (χ0n) is 11.3. The van der Waals surface area contributed by atoms with Gasteiger partial charge in [-0.05, 0) is 27.2 Å². The van der Waals surface area contributed by atoms with Crippen molar-refractivity contribution in [3.63, 3.8) is 0 Å². The summed E-state index contributed by atoms with van der Waals surface area (Å²) in [5, 5.41) is 2.79. The molecule has 0 aliphatic carbocycles. The van der Waals surface area contributed by atoms with Crippen molar-refractivity contribution < 1.29 is 14.3 Å². The number of hydrogen-bond acceptors (Lipinski definition) is 4. The fraction of sp³-hybridized carbons (Fsp3) is 0.833. The summed E-state index contributed by atoms with van der Waals surface area (Å²) in [5.41, 5.74) is 0. The monoisotopic (exact) mass is 244 g/mol. The summed E-state index contributed by atoms with van der Waals surface area (Å²) in [6.07, 6.45) is 0.908. The van der Waals surface area contributed by atoms with Crippen LogP contribution in [0.15, 0.2) is 0 Å². The van der Waals surface area contributed by atoms with Crippen LogP contribution in [0.4, 0.5) is 0 Å². The summed E-state index contributed by atoms with van der Waals surface area (Å²) < 4.78 is 4.87. The van der Waals surface area contributed by atoms with Gasteiger partial charge in [0.15, 0.2) is 0 Å². The number of hydrogen-bond donors (Lipinski definition) is 1. The third-order valence-electron chi connectivity index (χ3n) is 2.29. The molecule has 0 saturated heterocycles. The Labute approximate surface area is 103 Å². The highest BCUT2D eigenvalue weighted by atomic mass is 16.5. The highest BCUT2D eigenvalue weighted by Crippen LogP contribution is 1.98. The first-order chi connectivity index (χ1) is 8.01. The van der Waals surface area contributed by atoms with E-state index in [0.717, 1.165) is 6.42 Å². The van der Waals surface area contributed by atoms with Crippen molar-refractivity contribution in [1.29, 1.82) is 0 Å². The van der Waals surface area contributed by atoms with E-state index in [-0.39, 0.29) is 31.0 Å². The lowest BCUT2D eigenvalue weighted by molar-refractivity contribution is -0.145. The van der Waals surface area contributed by atoms with E-state index in [9.17, 15) is 9.59 Å². The molecule has 0 atom stereocenters. The van der Waals surface area contributed by atoms with Crippen molar-refractivity contribution in [1.82, 2.24) is 10.2 Å². The molecular formula is C12H24N2O3. The van der Waals surface area contributed by atoms with Crippen molar-refractivity contribution in [3.05, 3.63) is 0 Å². The van der Waals surface area contributed by atoms with Crippen LogP contribution in [0.2, 0.25) is 0 Å². The Hall–Kier alpha value is -1.10. The maximum Gasteiger partial charge on any atom is 0.320 e. The smallest absolute Gasteiger partial charge is 0.320 e. The number of rotatable bonds is 8. The van der Waals surface area contributed by atoms with Crippen molar-refractivity contribution >= 4 is 11.9 Å². The molecule has 0 aromatic rings. The average Bonchev–Trinajstić information content (AvgIpc) is 2.25. The molecule has 0 bridgehead atoms. The van der Waals surface area contributed by atoms with Gasteiger partial charge in [-0.15, -0.1) is 0 Å². The summed E-state index contributed by atoms with van der Waals surface area (Å²) >= 11 is 0. The van der Waals surface area contributed by atoms with Crippen LogP contribution in [0.5, 0.6) is 0 Å². The largest absolute Gasteiger partial charge is 0.465 e. The predicted octanol–water partition coefficient (Wildman–Crippen LogP) is 0.786. The minimum Gasteiger partial charge on any atom is -0.465 e. The number of nitrogens with zero attached hydrogens (tertiary/aromatic N) is 1. The van der Waals surface area contributed by atoms with Crippen molar-refractivity contribution in [3.8, 4) is 0 Å². The first-order valence-corrected chi connectivity index (χ1v) is 6.17. The van der Waals surface area contributed by atoms with Gasteiger partial charge in [-0.2, -0.15) is 0 Å². The van der Waals surface area contributed by atoms with Gasteiger partial charge in [-0.1, -0.05) is 6.92 Å². The lowest BCUT2D eigenvalue weighted by Gasteiger charge is -2.24. The number of nitrogens with one attached hydrogen (secondary N) is 1. The molecule has 1 amide bonds. The fourth-order valence-corrected chi connectivity index (χ4v) is 1.30. The van der Waals surface area contributed by atoms with Gasteiger partial charge in [0.1, 0.15) is 0 Å². The van der Waals surface area contributed by atoms with E-state index in [2.05, 4.69) is 5.32 Å². The minimum absolute atomic E-state index is 0.0511. The van der Waals surface area contributed by atoms with Crippen LogP contribution in [-0.4, -0.2) is 49.1 Å². The summed E-state index contributed by atoms with van der Waals surface area (Å²) in [7, 11) is 0. The van der Waals surface area contributed by atoms with Crippen molar-refractivity contribution in [2.24, 2.45) is 0 Å². The van der Waals surface area contributed by atoms with Gasteiger partial charge in [0, 0.05) is 12.6 Å². The van der Waals surface area contributed by atoms with Gasteiger partial charge in [0.2, 0.25) is 5.91 Å². The Morgan fingerprint density at radius 1 is 1.24 bits per heavy atom. The van der Waals surface area contributed by atoms with Gasteiger partial charge in [-0.25, -0.2) is 0 Å². The Morgan fingerprint density at radius 2 is 1.88 bits per heavy atom. The third kappa shape index (κ3) is 7.74. The number of carbonyl (C=O) groups is 2. The van der Waals surface area contributed by atoms with E-state index in [0.29, 0.717) is 13.2 Å². The first-order valence-electron chi connectivity index (χ1n) is 6.17. The second-order valence-corrected chi connectivity index (χ2v) is 4.15. The number of amides is 1. The molecule has 5 nitrogen and oxygen atoms in total. The van der Waals surface area contributed by atoms with Crippen molar-refractivity contribution in [2.75, 3.05) is 26.2 Å². The maximum absolute atomic E-state index is 11.6. The fourth-order valence-electron chi connectivity index (χ4n) is 1.30. The van der Waals surface area contributed by atoms with Crippen LogP contribution in [0.1, 0.15) is 34.1 Å². The van der Waals surface area contributed by atoms with Crippen LogP contribution >= 0.6 is 0 Å². The Morgan fingerprint density at radius 3 is 2.35 bits per heavy atom. The predicted molar refractivity (Wildman–Crippen MR) is 66.6 cm³/mol. The second kappa shape index (κ2) is 8.98. The SMILES string of the molecule is CCCNC(=O)CN(CC(=O)OCC)C(C)C. The molecule has 5 heteroatoms. The van der Waals surface area contributed by atoms with E-state index >= 15 is 0 Å². The van der Waals surface area contributed by atoms with E-state index in [1.165, 1.54) is 0 Å². The zero-order chi connectivity index (χ0) is 13.3. The first kappa shape index (κ1) is 15.9. The van der Waals surface area contributed by atoms with Crippen LogP contribution in [0, 0.1) is 0 Å². The van der Waals surface area contributed by atoms with E-state index in [1.807, 2.05) is 20.8 Å². The molecule has 0 heterocycles. The number of ether oxygens (including phenoxy) is 1. The summed E-state index contributed by atoms with van der Waals surface area (Å²) in [6.45, 7) is 9.10. The van der Waals surface area contributed by atoms with Crippen LogP contribution in [0.3, 0.4) is 0 Å². The Bertz CT molecular complexity index is 242. The minimum atomic E-state index is -0.288. The molecule has 0 saturated carbocycles. The molecule has 0 radical (unpaired) electrons. The summed E-state index contributed by atoms with van der Waals surface area (Å²) in [4.78, 5) is 24.7. The van der Waals surface area contributed by atoms with E-state index < -0.39 is 0 Å². The zero-order valence-corrected chi connectivity index (χ0v) is 11.3. The van der Waals surface area contributed by atoms with Gasteiger partial charge in [0.05, 0.1) is 19.7 Å². The molecule has 0 aliphatic rings. The molecule has 100 valence electrons. The van der Waals surface area contributed by atoms with Crippen LogP contribution < -0.4 is 5.32 Å². The molecule has 0 fully saturated rings. The molecule has 17 heavy (non-hydrogen) atoms. The lowest BCUT2D eigenvalue weighted by Crippen LogP contribution is -2.43. The highest BCUT2D eigenvalue weighted by molar-refractivity contribution is 5.79. The standard InChI is InChI=1S/C12H24N2O3/c1-5-7-13-11(15)8-14(10(3)4)9-12(16)17-6-2/h10H,5-9H2,1-4H3,(H,13,15). The molecule has 0 aliphatic heterocycles. The van der Waals surface area contributed by atoms with Crippen LogP contribution in [-0.2, 0) is 14.3 Å². The molecule has 0 spiro atoms. The Balaban J connectivity index is 4.14. The summed E-state index contributed by atoms with van der Waals surface area (Å²) in [5.74, 6) is -0.339. The number of esters is 1. The Kier molecular flexibility index (Phi) is 8.40. The van der Waals surface area contributed by atoms with Gasteiger partial charge in [0.25, 0.3) is 0 Å². The topological polar surface area (TPSA) is 58.6 Å². The third-order valence-corrected chi connectivity index (χ3v) is 2.29. The molecule has 0 rings (SSSR count). The lowest BCUT2D eigenvalue weighted by atomic mass is 10.3. The second-order valence-electron chi connectivity index (χ2n) is 4.15. The number of carbonyl (C=O) groups excluding carboxylic acids is 2. The average molecular weight is 244 g/mol. The quantitative estimate of drug-likeness (QED) is 0.641. The summed E-state index contributed by atoms with van der Waals surface area (Å²) in [6, 6.07) is 0.131. The van der Waals surface area contributed by atoms with Gasteiger partial charge >= 0.3 is 5.97 Å². The molecule has 0 aromatic carbocycles. The van der Waals surface area contributed by atoms with E-state index in [1.54, 1.807) is 11.8 Å². The highest BCUT2D eigenvalue weighted by Gasteiger charge is 2.17. The van der Waals surface area contributed by atoms with Crippen molar-refractivity contribution in [2.45, 2.75) is 40.2 Å². The molecular weight excluding hydrogens is 220 g/mol. The van der Waals surface area contributed by atoms with Gasteiger partial charge < -0.3 is 10.1 Å². The normalized spacial score (nSPS) is 10.7. The maximum atomic E-state index is 11.6. The molecule has 0 aromatic heterocycles.